The smallest absolute Gasteiger partial charge is 0.275 e. The zero-order valence-electron chi connectivity index (χ0n) is 16.6. The van der Waals surface area contributed by atoms with Crippen LogP contribution in [-0.4, -0.2) is 22.4 Å². The molecule has 28 heavy (non-hydrogen) atoms. The molecule has 3 aromatic rings. The summed E-state index contributed by atoms with van der Waals surface area (Å²) in [6.07, 6.45) is 4.00. The Kier molecular flexibility index (Phi) is 6.37. The van der Waals surface area contributed by atoms with Gasteiger partial charge in [0, 0.05) is 12.2 Å². The van der Waals surface area contributed by atoms with Crippen LogP contribution in [0.25, 0.3) is 0 Å². The second-order valence-corrected chi connectivity index (χ2v) is 7.10. The lowest BCUT2D eigenvalue weighted by atomic mass is 9.98. The molecule has 0 atom stereocenters. The van der Waals surface area contributed by atoms with Crippen LogP contribution in [-0.2, 0) is 6.42 Å². The van der Waals surface area contributed by atoms with E-state index in [0.29, 0.717) is 17.4 Å². The van der Waals surface area contributed by atoms with E-state index >= 15 is 0 Å². The van der Waals surface area contributed by atoms with Crippen molar-refractivity contribution in [3.8, 4) is 0 Å². The number of aromatic nitrogens is 2. The molecule has 0 fully saturated rings. The van der Waals surface area contributed by atoms with Crippen molar-refractivity contribution < 1.29 is 4.79 Å². The van der Waals surface area contributed by atoms with Crippen molar-refractivity contribution in [3.05, 3.63) is 83.3 Å². The number of carbonyl (C=O) groups excluding carboxylic acids is 1. The van der Waals surface area contributed by atoms with Gasteiger partial charge in [0.1, 0.15) is 11.5 Å². The fourth-order valence-electron chi connectivity index (χ4n) is 3.04. The first kappa shape index (κ1) is 19.5. The molecule has 0 saturated carbocycles. The summed E-state index contributed by atoms with van der Waals surface area (Å²) >= 11 is 0. The summed E-state index contributed by atoms with van der Waals surface area (Å²) in [6.45, 7) is 6.97. The van der Waals surface area contributed by atoms with Crippen LogP contribution < -0.4 is 10.6 Å². The number of rotatable bonds is 7. The van der Waals surface area contributed by atoms with Crippen LogP contribution in [0.5, 0.6) is 0 Å². The number of hydrogen-bond donors (Lipinski definition) is 2. The molecule has 0 aliphatic rings. The lowest BCUT2D eigenvalue weighted by Crippen LogP contribution is -2.17. The summed E-state index contributed by atoms with van der Waals surface area (Å²) in [5, 5.41) is 6.24. The van der Waals surface area contributed by atoms with Gasteiger partial charge < -0.3 is 10.6 Å². The summed E-state index contributed by atoms with van der Waals surface area (Å²) in [5.41, 5.74) is 4.56. The molecule has 5 nitrogen and oxygen atoms in total. The van der Waals surface area contributed by atoms with Crippen LogP contribution in [0.15, 0.2) is 60.9 Å². The number of amides is 1. The zero-order valence-corrected chi connectivity index (χ0v) is 16.6. The molecule has 0 aliphatic heterocycles. The molecule has 0 aliphatic carbocycles. The van der Waals surface area contributed by atoms with Crippen molar-refractivity contribution in [3.63, 3.8) is 0 Å². The molecule has 0 spiro atoms. The summed E-state index contributed by atoms with van der Waals surface area (Å²) < 4.78 is 0. The van der Waals surface area contributed by atoms with Crippen LogP contribution in [0.3, 0.4) is 0 Å². The van der Waals surface area contributed by atoms with Crippen molar-refractivity contribution in [2.45, 2.75) is 33.1 Å². The monoisotopic (exact) mass is 374 g/mol. The number of nitrogens with one attached hydrogen (secondary N) is 2. The molecule has 1 amide bonds. The highest BCUT2D eigenvalue weighted by Crippen LogP contribution is 2.27. The third-order valence-electron chi connectivity index (χ3n) is 4.61. The second kappa shape index (κ2) is 9.13. The van der Waals surface area contributed by atoms with Crippen molar-refractivity contribution in [2.75, 3.05) is 17.2 Å². The van der Waals surface area contributed by atoms with E-state index in [2.05, 4.69) is 46.6 Å². The summed E-state index contributed by atoms with van der Waals surface area (Å²) in [7, 11) is 0. The Morgan fingerprint density at radius 3 is 2.46 bits per heavy atom. The maximum absolute atomic E-state index is 12.6. The minimum Gasteiger partial charge on any atom is -0.368 e. The van der Waals surface area contributed by atoms with Crippen LogP contribution in [0.1, 0.15) is 46.9 Å². The number of aryl methyl sites for hydroxylation is 1. The topological polar surface area (TPSA) is 66.9 Å². The van der Waals surface area contributed by atoms with Gasteiger partial charge in [0.2, 0.25) is 0 Å². The van der Waals surface area contributed by atoms with Gasteiger partial charge in [-0.2, -0.15) is 0 Å². The first-order valence-corrected chi connectivity index (χ1v) is 9.55. The summed E-state index contributed by atoms with van der Waals surface area (Å²) in [4.78, 5) is 21.2. The van der Waals surface area contributed by atoms with E-state index < -0.39 is 0 Å². The predicted molar refractivity (Wildman–Crippen MR) is 114 cm³/mol. The molecular weight excluding hydrogens is 348 g/mol. The van der Waals surface area contributed by atoms with Gasteiger partial charge in [0.25, 0.3) is 5.91 Å². The average Bonchev–Trinajstić information content (AvgIpc) is 2.70. The van der Waals surface area contributed by atoms with Gasteiger partial charge in [0.15, 0.2) is 0 Å². The lowest BCUT2D eigenvalue weighted by Gasteiger charge is -2.16. The Balaban J connectivity index is 1.61. The Hall–Kier alpha value is -3.21. The van der Waals surface area contributed by atoms with Gasteiger partial charge in [-0.15, -0.1) is 0 Å². The van der Waals surface area contributed by atoms with E-state index in [1.54, 1.807) is 6.20 Å². The van der Waals surface area contributed by atoms with Gasteiger partial charge in [-0.25, -0.2) is 9.97 Å². The summed E-state index contributed by atoms with van der Waals surface area (Å²) in [6, 6.07) is 16.3. The summed E-state index contributed by atoms with van der Waals surface area (Å²) in [5.74, 6) is 0.725. The third-order valence-corrected chi connectivity index (χ3v) is 4.61. The van der Waals surface area contributed by atoms with Crippen molar-refractivity contribution in [2.24, 2.45) is 0 Å². The van der Waals surface area contributed by atoms with Crippen LogP contribution in [0.4, 0.5) is 11.5 Å². The molecule has 2 N–H and O–H groups in total. The number of hydrogen-bond acceptors (Lipinski definition) is 4. The predicted octanol–water partition coefficient (Wildman–Crippen LogP) is 4.82. The van der Waals surface area contributed by atoms with E-state index in [-0.39, 0.29) is 5.91 Å². The van der Waals surface area contributed by atoms with Crippen LogP contribution >= 0.6 is 0 Å². The Bertz CT molecular complexity index is 921. The standard InChI is InChI=1S/C23H26N4O/c1-16(2)19-11-7-8-17(3)22(19)27-23(28)20-14-26-21(15-25-20)24-13-12-18-9-5-4-6-10-18/h4-11,14-16H,12-13H2,1-3H3,(H,24,26)(H,27,28). The number of carbonyl (C=O) groups is 1. The molecule has 1 aromatic heterocycles. The van der Waals surface area contributed by atoms with Crippen molar-refractivity contribution >= 4 is 17.4 Å². The fraction of sp³-hybridized carbons (Fsp3) is 0.261. The number of benzene rings is 2. The van der Waals surface area contributed by atoms with Gasteiger partial charge in [-0.05, 0) is 36.0 Å². The largest absolute Gasteiger partial charge is 0.368 e. The number of para-hydroxylation sites is 1. The lowest BCUT2D eigenvalue weighted by molar-refractivity contribution is 0.102. The minimum absolute atomic E-state index is 0.250. The van der Waals surface area contributed by atoms with Gasteiger partial charge >= 0.3 is 0 Å². The first-order valence-electron chi connectivity index (χ1n) is 9.55. The molecule has 0 bridgehead atoms. The highest BCUT2D eigenvalue weighted by molar-refractivity contribution is 6.03. The van der Waals surface area contributed by atoms with Gasteiger partial charge in [-0.1, -0.05) is 62.4 Å². The first-order chi connectivity index (χ1) is 13.5. The molecule has 144 valence electrons. The number of nitrogens with zero attached hydrogens (tertiary/aromatic N) is 2. The minimum atomic E-state index is -0.250. The molecule has 0 unspecified atom stereocenters. The highest BCUT2D eigenvalue weighted by Gasteiger charge is 2.14. The van der Waals surface area contributed by atoms with Gasteiger partial charge in [-0.3, -0.25) is 4.79 Å². The highest BCUT2D eigenvalue weighted by atomic mass is 16.1. The third kappa shape index (κ3) is 4.94. The Morgan fingerprint density at radius 1 is 1.00 bits per heavy atom. The second-order valence-electron chi connectivity index (χ2n) is 7.10. The molecule has 0 radical (unpaired) electrons. The molecule has 5 heteroatoms. The quantitative estimate of drug-likeness (QED) is 0.622. The Labute approximate surface area is 166 Å². The zero-order chi connectivity index (χ0) is 19.9. The van der Waals surface area contributed by atoms with E-state index in [4.69, 9.17) is 0 Å². The maximum Gasteiger partial charge on any atom is 0.275 e. The maximum atomic E-state index is 12.6. The molecule has 2 aromatic carbocycles. The average molecular weight is 374 g/mol. The molecule has 3 rings (SSSR count). The SMILES string of the molecule is Cc1cccc(C(C)C)c1NC(=O)c1cnc(NCCc2ccccc2)cn1. The van der Waals surface area contributed by atoms with Crippen LogP contribution in [0.2, 0.25) is 0 Å². The molecule has 0 saturated heterocycles. The van der Waals surface area contributed by atoms with E-state index in [1.165, 1.54) is 11.8 Å². The van der Waals surface area contributed by atoms with E-state index in [0.717, 1.165) is 29.8 Å². The van der Waals surface area contributed by atoms with Crippen molar-refractivity contribution in [1.29, 1.82) is 0 Å². The van der Waals surface area contributed by atoms with E-state index in [1.807, 2.05) is 43.3 Å². The van der Waals surface area contributed by atoms with Gasteiger partial charge in [0.05, 0.1) is 12.4 Å². The van der Waals surface area contributed by atoms with Crippen LogP contribution in [0, 0.1) is 6.92 Å². The van der Waals surface area contributed by atoms with E-state index in [9.17, 15) is 4.79 Å². The fourth-order valence-corrected chi connectivity index (χ4v) is 3.04. The number of anilines is 2. The molecular formula is C23H26N4O. The molecule has 1 heterocycles. The Morgan fingerprint density at radius 2 is 1.79 bits per heavy atom. The van der Waals surface area contributed by atoms with Crippen molar-refractivity contribution in [1.82, 2.24) is 9.97 Å². The normalized spacial score (nSPS) is 10.7.